The van der Waals surface area contributed by atoms with Crippen LogP contribution in [-0.2, 0) is 11.3 Å². The fourth-order valence-corrected chi connectivity index (χ4v) is 2.66. The lowest BCUT2D eigenvalue weighted by Crippen LogP contribution is -2.35. The number of hydrogen-bond acceptors (Lipinski definition) is 5. The van der Waals surface area contributed by atoms with Gasteiger partial charge in [0.15, 0.2) is 5.82 Å². The van der Waals surface area contributed by atoms with E-state index in [1.54, 1.807) is 0 Å². The summed E-state index contributed by atoms with van der Waals surface area (Å²) in [6.45, 7) is 14.2. The van der Waals surface area contributed by atoms with Crippen LogP contribution >= 0.6 is 0 Å². The SMILES string of the molecule is CCOCc1nc(NC)cc(NC(C)(C)CC(C)(C)C)n1. The smallest absolute Gasteiger partial charge is 0.158 e. The molecule has 120 valence electrons. The predicted molar refractivity (Wildman–Crippen MR) is 88.7 cm³/mol. The van der Waals surface area contributed by atoms with Gasteiger partial charge in [0.2, 0.25) is 0 Å². The fourth-order valence-electron chi connectivity index (χ4n) is 2.66. The highest BCUT2D eigenvalue weighted by molar-refractivity contribution is 5.48. The van der Waals surface area contributed by atoms with Gasteiger partial charge in [-0.25, -0.2) is 9.97 Å². The molecule has 0 aliphatic heterocycles. The van der Waals surface area contributed by atoms with Crippen LogP contribution in [0, 0.1) is 5.41 Å². The van der Waals surface area contributed by atoms with E-state index in [1.165, 1.54) is 0 Å². The molecular formula is C16H30N4O. The van der Waals surface area contributed by atoms with Gasteiger partial charge in [-0.15, -0.1) is 0 Å². The summed E-state index contributed by atoms with van der Waals surface area (Å²) in [6, 6.07) is 1.93. The normalized spacial score (nSPS) is 12.3. The molecule has 1 aromatic rings. The van der Waals surface area contributed by atoms with Crippen molar-refractivity contribution in [2.45, 2.75) is 60.1 Å². The molecule has 0 atom stereocenters. The molecule has 0 saturated carbocycles. The summed E-state index contributed by atoms with van der Waals surface area (Å²) in [6.07, 6.45) is 1.04. The van der Waals surface area contributed by atoms with Crippen LogP contribution in [0.1, 0.15) is 53.8 Å². The van der Waals surface area contributed by atoms with Crippen LogP contribution in [0.15, 0.2) is 6.07 Å². The highest BCUT2D eigenvalue weighted by Crippen LogP contribution is 2.29. The molecule has 1 heterocycles. The molecule has 1 aromatic heterocycles. The number of nitrogens with one attached hydrogen (secondary N) is 2. The molecule has 2 N–H and O–H groups in total. The third kappa shape index (κ3) is 6.76. The molecule has 0 radical (unpaired) electrons. The second-order valence-corrected chi connectivity index (χ2v) is 7.19. The van der Waals surface area contributed by atoms with E-state index in [4.69, 9.17) is 4.74 Å². The van der Waals surface area contributed by atoms with Crippen LogP contribution in [0.3, 0.4) is 0 Å². The van der Waals surface area contributed by atoms with Crippen LogP contribution in [0.25, 0.3) is 0 Å². The maximum Gasteiger partial charge on any atom is 0.158 e. The lowest BCUT2D eigenvalue weighted by Gasteiger charge is -2.33. The van der Waals surface area contributed by atoms with E-state index in [0.29, 0.717) is 19.0 Å². The van der Waals surface area contributed by atoms with Crippen molar-refractivity contribution in [3.63, 3.8) is 0 Å². The van der Waals surface area contributed by atoms with Crippen LogP contribution in [0.5, 0.6) is 0 Å². The minimum atomic E-state index is -0.0412. The molecule has 0 amide bonds. The van der Waals surface area contributed by atoms with Crippen molar-refractivity contribution >= 4 is 11.6 Å². The second-order valence-electron chi connectivity index (χ2n) is 7.19. The van der Waals surface area contributed by atoms with E-state index in [-0.39, 0.29) is 11.0 Å². The molecular weight excluding hydrogens is 264 g/mol. The first-order valence-electron chi connectivity index (χ1n) is 7.57. The Labute approximate surface area is 128 Å². The molecule has 1 rings (SSSR count). The highest BCUT2D eigenvalue weighted by Gasteiger charge is 2.25. The van der Waals surface area contributed by atoms with E-state index < -0.39 is 0 Å². The van der Waals surface area contributed by atoms with Gasteiger partial charge in [0.25, 0.3) is 0 Å². The summed E-state index contributed by atoms with van der Waals surface area (Å²) < 4.78 is 5.40. The highest BCUT2D eigenvalue weighted by atomic mass is 16.5. The molecule has 0 bridgehead atoms. The van der Waals surface area contributed by atoms with Gasteiger partial charge in [-0.05, 0) is 32.6 Å². The van der Waals surface area contributed by atoms with Gasteiger partial charge in [0, 0.05) is 25.3 Å². The summed E-state index contributed by atoms with van der Waals surface area (Å²) in [7, 11) is 1.86. The molecule has 0 unspecified atom stereocenters. The van der Waals surface area contributed by atoms with Crippen LogP contribution in [-0.4, -0.2) is 29.2 Å². The first-order chi connectivity index (χ1) is 9.65. The Balaban J connectivity index is 2.90. The Hall–Kier alpha value is -1.36. The number of hydrogen-bond donors (Lipinski definition) is 2. The summed E-state index contributed by atoms with van der Waals surface area (Å²) in [5, 5.41) is 6.59. The Morgan fingerprint density at radius 1 is 1.10 bits per heavy atom. The number of nitrogens with zero attached hydrogens (tertiary/aromatic N) is 2. The van der Waals surface area contributed by atoms with Gasteiger partial charge in [-0.2, -0.15) is 0 Å². The maximum absolute atomic E-state index is 5.40. The van der Waals surface area contributed by atoms with Crippen molar-refractivity contribution in [1.82, 2.24) is 9.97 Å². The molecule has 5 nitrogen and oxygen atoms in total. The molecule has 0 aliphatic rings. The van der Waals surface area contributed by atoms with E-state index in [1.807, 2.05) is 20.0 Å². The number of rotatable bonds is 7. The second kappa shape index (κ2) is 7.07. The molecule has 21 heavy (non-hydrogen) atoms. The molecule has 5 heteroatoms. The van der Waals surface area contributed by atoms with Crippen molar-refractivity contribution in [2.75, 3.05) is 24.3 Å². The van der Waals surface area contributed by atoms with Crippen molar-refractivity contribution < 1.29 is 4.74 Å². The summed E-state index contributed by atoms with van der Waals surface area (Å²) in [5.74, 6) is 2.32. The monoisotopic (exact) mass is 294 g/mol. The average molecular weight is 294 g/mol. The van der Waals surface area contributed by atoms with Crippen LogP contribution in [0.2, 0.25) is 0 Å². The molecule has 0 aromatic carbocycles. The van der Waals surface area contributed by atoms with Crippen LogP contribution in [0.4, 0.5) is 11.6 Å². The quantitative estimate of drug-likeness (QED) is 0.803. The van der Waals surface area contributed by atoms with Gasteiger partial charge in [-0.3, -0.25) is 0 Å². The average Bonchev–Trinajstić information content (AvgIpc) is 2.32. The first kappa shape index (κ1) is 17.7. The largest absolute Gasteiger partial charge is 0.374 e. The van der Waals surface area contributed by atoms with Crippen molar-refractivity contribution in [3.8, 4) is 0 Å². The van der Waals surface area contributed by atoms with E-state index in [2.05, 4.69) is 55.2 Å². The Bertz CT molecular complexity index is 452. The van der Waals surface area contributed by atoms with Crippen molar-refractivity contribution in [2.24, 2.45) is 5.41 Å². The fraction of sp³-hybridized carbons (Fsp3) is 0.750. The summed E-state index contributed by atoms with van der Waals surface area (Å²) in [5.41, 5.74) is 0.212. The number of aromatic nitrogens is 2. The number of anilines is 2. The summed E-state index contributed by atoms with van der Waals surface area (Å²) in [4.78, 5) is 8.95. The van der Waals surface area contributed by atoms with E-state index in [0.717, 1.165) is 18.1 Å². The van der Waals surface area contributed by atoms with Gasteiger partial charge in [0.05, 0.1) is 0 Å². The summed E-state index contributed by atoms with van der Waals surface area (Å²) >= 11 is 0. The Morgan fingerprint density at radius 3 is 2.24 bits per heavy atom. The van der Waals surface area contributed by atoms with Gasteiger partial charge >= 0.3 is 0 Å². The number of ether oxygens (including phenoxy) is 1. The van der Waals surface area contributed by atoms with Gasteiger partial charge in [-0.1, -0.05) is 20.8 Å². The first-order valence-corrected chi connectivity index (χ1v) is 7.57. The molecule has 0 saturated heterocycles. The molecule has 0 aliphatic carbocycles. The Morgan fingerprint density at radius 2 is 1.71 bits per heavy atom. The van der Waals surface area contributed by atoms with Gasteiger partial charge in [0.1, 0.15) is 18.2 Å². The minimum absolute atomic E-state index is 0.0412. The molecule has 0 fully saturated rings. The van der Waals surface area contributed by atoms with Crippen molar-refractivity contribution in [3.05, 3.63) is 11.9 Å². The minimum Gasteiger partial charge on any atom is -0.374 e. The molecule has 0 spiro atoms. The standard InChI is InChI=1S/C16H30N4O/c1-8-21-10-14-18-12(17-7)9-13(19-14)20-16(5,6)11-15(2,3)4/h9H,8,10-11H2,1-7H3,(H2,17,18,19,20). The lowest BCUT2D eigenvalue weighted by molar-refractivity contribution is 0.128. The third-order valence-corrected chi connectivity index (χ3v) is 2.90. The predicted octanol–water partition coefficient (Wildman–Crippen LogP) is 3.68. The van der Waals surface area contributed by atoms with E-state index in [9.17, 15) is 0 Å². The van der Waals surface area contributed by atoms with E-state index >= 15 is 0 Å². The topological polar surface area (TPSA) is 59.1 Å². The lowest BCUT2D eigenvalue weighted by atomic mass is 9.82. The van der Waals surface area contributed by atoms with Gasteiger partial charge < -0.3 is 15.4 Å². The zero-order chi connectivity index (χ0) is 16.1. The third-order valence-electron chi connectivity index (χ3n) is 2.90. The zero-order valence-electron chi connectivity index (χ0n) is 14.5. The maximum atomic E-state index is 5.40. The zero-order valence-corrected chi connectivity index (χ0v) is 14.5. The Kier molecular flexibility index (Phi) is 5.96. The van der Waals surface area contributed by atoms with Crippen molar-refractivity contribution in [1.29, 1.82) is 0 Å². The van der Waals surface area contributed by atoms with Crippen LogP contribution < -0.4 is 10.6 Å².